The smallest absolute Gasteiger partial charge is 0.251 e. The molecule has 2 heterocycles. The molecule has 5 heteroatoms. The first kappa shape index (κ1) is 10.6. The number of thiophene rings is 1. The Morgan fingerprint density at radius 3 is 3.06 bits per heavy atom. The molecule has 3 N–H and O–H groups in total. The molecule has 16 heavy (non-hydrogen) atoms. The number of carbonyl (C=O) groups excluding carboxylic acids is 1. The molecule has 0 bridgehead atoms. The number of hydrogen-bond acceptors (Lipinski definition) is 4. The van der Waals surface area contributed by atoms with Crippen molar-refractivity contribution in [1.29, 1.82) is 0 Å². The van der Waals surface area contributed by atoms with Crippen molar-refractivity contribution in [3.8, 4) is 0 Å². The minimum absolute atomic E-state index is 0.137. The van der Waals surface area contributed by atoms with Crippen LogP contribution in [0.4, 0.5) is 5.82 Å². The van der Waals surface area contributed by atoms with Crippen LogP contribution in [0.3, 0.4) is 0 Å². The van der Waals surface area contributed by atoms with E-state index in [0.29, 0.717) is 17.9 Å². The van der Waals surface area contributed by atoms with Crippen molar-refractivity contribution < 1.29 is 4.79 Å². The number of nitrogens with two attached hydrogens (primary N) is 1. The van der Waals surface area contributed by atoms with Crippen LogP contribution in [0.2, 0.25) is 0 Å². The predicted molar refractivity (Wildman–Crippen MR) is 64.1 cm³/mol. The van der Waals surface area contributed by atoms with Gasteiger partial charge in [0, 0.05) is 16.6 Å². The summed E-state index contributed by atoms with van der Waals surface area (Å²) in [5.41, 5.74) is 6.03. The van der Waals surface area contributed by atoms with Crippen LogP contribution in [-0.2, 0) is 6.54 Å². The third kappa shape index (κ3) is 2.58. The molecule has 0 saturated heterocycles. The van der Waals surface area contributed by atoms with Gasteiger partial charge in [0.25, 0.3) is 5.91 Å². The Kier molecular flexibility index (Phi) is 3.16. The molecular weight excluding hydrogens is 222 g/mol. The Hall–Kier alpha value is -1.88. The average Bonchev–Trinajstić information content (AvgIpc) is 2.78. The summed E-state index contributed by atoms with van der Waals surface area (Å²) < 4.78 is 0. The van der Waals surface area contributed by atoms with E-state index in [1.54, 1.807) is 23.5 Å². The van der Waals surface area contributed by atoms with E-state index in [1.807, 2.05) is 17.5 Å². The van der Waals surface area contributed by atoms with Crippen LogP contribution in [-0.4, -0.2) is 10.9 Å². The second-order valence-electron chi connectivity index (χ2n) is 3.23. The summed E-state index contributed by atoms with van der Waals surface area (Å²) in [5, 5.41) is 4.79. The van der Waals surface area contributed by atoms with Crippen molar-refractivity contribution in [1.82, 2.24) is 10.3 Å². The molecule has 0 aromatic carbocycles. The maximum atomic E-state index is 11.7. The predicted octanol–water partition coefficient (Wildman–Crippen LogP) is 1.66. The van der Waals surface area contributed by atoms with Crippen LogP contribution in [0.25, 0.3) is 0 Å². The monoisotopic (exact) mass is 233 g/mol. The fourth-order valence-electron chi connectivity index (χ4n) is 1.27. The lowest BCUT2D eigenvalue weighted by molar-refractivity contribution is 0.0951. The second kappa shape index (κ2) is 4.76. The number of nitrogens with one attached hydrogen (secondary N) is 1. The van der Waals surface area contributed by atoms with Crippen LogP contribution in [0, 0.1) is 0 Å². The average molecular weight is 233 g/mol. The Bertz CT molecular complexity index is 482. The van der Waals surface area contributed by atoms with Crippen molar-refractivity contribution in [2.45, 2.75) is 6.54 Å². The molecular formula is C11H11N3OS. The summed E-state index contributed by atoms with van der Waals surface area (Å²) in [6.07, 6.45) is 1.52. The number of hydrogen-bond donors (Lipinski definition) is 2. The van der Waals surface area contributed by atoms with Crippen LogP contribution < -0.4 is 11.1 Å². The van der Waals surface area contributed by atoms with E-state index >= 15 is 0 Å². The molecule has 0 unspecified atom stereocenters. The maximum absolute atomic E-state index is 11.7. The maximum Gasteiger partial charge on any atom is 0.251 e. The van der Waals surface area contributed by atoms with Gasteiger partial charge < -0.3 is 11.1 Å². The molecule has 1 amide bonds. The standard InChI is InChI=1S/C11H11N3OS/c12-10-6-8(3-4-13-10)11(15)14-7-9-2-1-5-16-9/h1-6H,7H2,(H2,12,13)(H,14,15). The Labute approximate surface area is 97.1 Å². The molecule has 0 atom stereocenters. The SMILES string of the molecule is Nc1cc(C(=O)NCc2cccs2)ccn1. The van der Waals surface area contributed by atoms with Gasteiger partial charge in [0.2, 0.25) is 0 Å². The van der Waals surface area contributed by atoms with Gasteiger partial charge in [0.1, 0.15) is 5.82 Å². The van der Waals surface area contributed by atoms with Gasteiger partial charge in [0.15, 0.2) is 0 Å². The summed E-state index contributed by atoms with van der Waals surface area (Å²) in [6.45, 7) is 0.540. The number of pyridine rings is 1. The molecule has 0 radical (unpaired) electrons. The Balaban J connectivity index is 1.98. The topological polar surface area (TPSA) is 68.0 Å². The third-order valence-corrected chi connectivity index (χ3v) is 2.92. The molecule has 0 fully saturated rings. The molecule has 2 rings (SSSR count). The first-order valence-corrected chi connectivity index (χ1v) is 5.66. The van der Waals surface area contributed by atoms with Gasteiger partial charge in [-0.25, -0.2) is 4.98 Å². The highest BCUT2D eigenvalue weighted by Gasteiger charge is 2.05. The summed E-state index contributed by atoms with van der Waals surface area (Å²) in [5.74, 6) is 0.214. The second-order valence-corrected chi connectivity index (χ2v) is 4.26. The highest BCUT2D eigenvalue weighted by Crippen LogP contribution is 2.08. The van der Waals surface area contributed by atoms with Gasteiger partial charge in [-0.2, -0.15) is 0 Å². The number of rotatable bonds is 3. The summed E-state index contributed by atoms with van der Waals surface area (Å²) in [4.78, 5) is 16.7. The van der Waals surface area contributed by atoms with Crippen molar-refractivity contribution in [2.75, 3.05) is 5.73 Å². The highest BCUT2D eigenvalue weighted by molar-refractivity contribution is 7.09. The number of nitrogen functional groups attached to an aromatic ring is 1. The van der Waals surface area contributed by atoms with Gasteiger partial charge in [-0.15, -0.1) is 11.3 Å². The van der Waals surface area contributed by atoms with Crippen molar-refractivity contribution >= 4 is 23.1 Å². The lowest BCUT2D eigenvalue weighted by atomic mass is 10.2. The quantitative estimate of drug-likeness (QED) is 0.847. The summed E-state index contributed by atoms with van der Waals surface area (Å²) in [6, 6.07) is 7.13. The number of aromatic nitrogens is 1. The molecule has 0 aliphatic heterocycles. The first-order valence-electron chi connectivity index (χ1n) is 4.78. The lowest BCUT2D eigenvalue weighted by Crippen LogP contribution is -2.22. The van der Waals surface area contributed by atoms with Gasteiger partial charge in [-0.05, 0) is 23.6 Å². The third-order valence-electron chi connectivity index (χ3n) is 2.05. The molecule has 0 aliphatic carbocycles. The molecule has 2 aromatic heterocycles. The van der Waals surface area contributed by atoms with Crippen molar-refractivity contribution in [3.63, 3.8) is 0 Å². The molecule has 4 nitrogen and oxygen atoms in total. The highest BCUT2D eigenvalue weighted by atomic mass is 32.1. The van der Waals surface area contributed by atoms with Gasteiger partial charge >= 0.3 is 0 Å². The fourth-order valence-corrected chi connectivity index (χ4v) is 1.92. The Morgan fingerprint density at radius 2 is 2.38 bits per heavy atom. The minimum Gasteiger partial charge on any atom is -0.384 e. The fraction of sp³-hybridized carbons (Fsp3) is 0.0909. The van der Waals surface area contributed by atoms with E-state index in [-0.39, 0.29) is 5.91 Å². The molecule has 0 saturated carbocycles. The number of carbonyl (C=O) groups is 1. The number of nitrogens with zero attached hydrogens (tertiary/aromatic N) is 1. The van der Waals surface area contributed by atoms with E-state index in [4.69, 9.17) is 5.73 Å². The Morgan fingerprint density at radius 1 is 1.50 bits per heavy atom. The van der Waals surface area contributed by atoms with E-state index in [9.17, 15) is 4.79 Å². The van der Waals surface area contributed by atoms with Crippen LogP contribution in [0.1, 0.15) is 15.2 Å². The van der Waals surface area contributed by atoms with Gasteiger partial charge in [-0.3, -0.25) is 4.79 Å². The number of amides is 1. The normalized spacial score (nSPS) is 10.0. The zero-order valence-corrected chi connectivity index (χ0v) is 9.33. The van der Waals surface area contributed by atoms with Crippen LogP contribution in [0.15, 0.2) is 35.8 Å². The first-order chi connectivity index (χ1) is 7.75. The van der Waals surface area contributed by atoms with Crippen LogP contribution >= 0.6 is 11.3 Å². The number of anilines is 1. The molecule has 0 aliphatic rings. The molecule has 2 aromatic rings. The lowest BCUT2D eigenvalue weighted by Gasteiger charge is -2.03. The van der Waals surface area contributed by atoms with E-state index in [0.717, 1.165) is 4.88 Å². The minimum atomic E-state index is -0.137. The van der Waals surface area contributed by atoms with Crippen LogP contribution in [0.5, 0.6) is 0 Å². The summed E-state index contributed by atoms with van der Waals surface area (Å²) >= 11 is 1.61. The zero-order chi connectivity index (χ0) is 11.4. The van der Waals surface area contributed by atoms with E-state index in [2.05, 4.69) is 10.3 Å². The van der Waals surface area contributed by atoms with E-state index < -0.39 is 0 Å². The molecule has 0 spiro atoms. The molecule has 82 valence electrons. The summed E-state index contributed by atoms with van der Waals surface area (Å²) in [7, 11) is 0. The zero-order valence-electron chi connectivity index (χ0n) is 8.51. The van der Waals surface area contributed by atoms with Crippen molar-refractivity contribution in [3.05, 3.63) is 46.3 Å². The van der Waals surface area contributed by atoms with Gasteiger partial charge in [0.05, 0.1) is 6.54 Å². The van der Waals surface area contributed by atoms with Crippen molar-refractivity contribution in [2.24, 2.45) is 0 Å². The van der Waals surface area contributed by atoms with E-state index in [1.165, 1.54) is 6.20 Å². The van der Waals surface area contributed by atoms with Gasteiger partial charge in [-0.1, -0.05) is 6.07 Å². The largest absolute Gasteiger partial charge is 0.384 e.